The van der Waals surface area contributed by atoms with Gasteiger partial charge >= 0.3 is 0 Å². The first-order valence-electron chi connectivity index (χ1n) is 16.2. The highest BCUT2D eigenvalue weighted by atomic mass is 16.1. The van der Waals surface area contributed by atoms with E-state index in [0.717, 1.165) is 33.2 Å². The van der Waals surface area contributed by atoms with Gasteiger partial charge in [0.25, 0.3) is 0 Å². The molecule has 0 unspecified atom stereocenters. The molecule has 0 N–H and O–H groups in total. The first-order valence-corrected chi connectivity index (χ1v) is 16.2. The molecule has 4 heterocycles. The molecule has 5 heteroatoms. The number of para-hydroxylation sites is 2. The molecule has 7 aromatic carbocycles. The Labute approximate surface area is 272 Å². The van der Waals surface area contributed by atoms with Gasteiger partial charge in [-0.1, -0.05) is 103 Å². The molecule has 11 aromatic rings. The Kier molecular flexibility index (Phi) is 4.31. The summed E-state index contributed by atoms with van der Waals surface area (Å²) in [6.45, 7) is 0. The molecule has 0 saturated carbocycles. The van der Waals surface area contributed by atoms with E-state index in [1.807, 2.05) is 42.5 Å². The normalized spacial score (nSPS) is 13.0. The minimum absolute atomic E-state index is 0.0170. The van der Waals surface area contributed by atoms with Crippen molar-refractivity contribution in [3.05, 3.63) is 145 Å². The number of ketones is 1. The number of rotatable bonds is 1. The highest BCUT2D eigenvalue weighted by Gasteiger charge is 2.30. The number of hydrogen-bond donors (Lipinski definition) is 0. The molecule has 0 radical (unpaired) electrons. The summed E-state index contributed by atoms with van der Waals surface area (Å²) in [6, 6.07) is 46.5. The number of carbonyl (C=O) groups is 1. The van der Waals surface area contributed by atoms with Crippen LogP contribution in [0.5, 0.6) is 0 Å². The van der Waals surface area contributed by atoms with Crippen LogP contribution in [-0.4, -0.2) is 24.7 Å². The van der Waals surface area contributed by atoms with E-state index in [2.05, 4.69) is 100.0 Å². The number of aromatic nitrogens is 4. The monoisotopic (exact) mass is 610 g/mol. The first kappa shape index (κ1) is 24.6. The van der Waals surface area contributed by atoms with Crippen LogP contribution in [0.1, 0.15) is 15.9 Å². The van der Waals surface area contributed by atoms with Gasteiger partial charge in [0, 0.05) is 54.4 Å². The lowest BCUT2D eigenvalue weighted by molar-refractivity contribution is 0.104. The maximum absolute atomic E-state index is 13.6. The summed E-state index contributed by atoms with van der Waals surface area (Å²) in [4.78, 5) is 24.3. The maximum atomic E-state index is 13.6. The zero-order valence-electron chi connectivity index (χ0n) is 25.4. The van der Waals surface area contributed by atoms with Crippen LogP contribution in [0.25, 0.3) is 98.8 Å². The Morgan fingerprint density at radius 2 is 1.17 bits per heavy atom. The molecule has 0 saturated heterocycles. The molecule has 1 aliphatic carbocycles. The van der Waals surface area contributed by atoms with Gasteiger partial charge in [-0.05, 0) is 41.1 Å². The van der Waals surface area contributed by atoms with Crippen LogP contribution in [0.3, 0.4) is 0 Å². The summed E-state index contributed by atoms with van der Waals surface area (Å²) in [5.41, 5.74) is 9.46. The predicted molar refractivity (Wildman–Crippen MR) is 195 cm³/mol. The summed E-state index contributed by atoms with van der Waals surface area (Å²) in [5, 5.41) is 10.4. The van der Waals surface area contributed by atoms with E-state index >= 15 is 0 Å². The van der Waals surface area contributed by atoms with Crippen molar-refractivity contribution in [3.63, 3.8) is 0 Å². The maximum Gasteiger partial charge on any atom is 0.235 e. The van der Waals surface area contributed by atoms with Crippen LogP contribution in [0.2, 0.25) is 0 Å². The van der Waals surface area contributed by atoms with Gasteiger partial charge in [0.05, 0.1) is 38.8 Å². The van der Waals surface area contributed by atoms with Gasteiger partial charge in [0.15, 0.2) is 5.78 Å². The smallest absolute Gasteiger partial charge is 0.235 e. The minimum Gasteiger partial charge on any atom is -0.308 e. The zero-order chi connectivity index (χ0) is 31.2. The average molecular weight is 611 g/mol. The van der Waals surface area contributed by atoms with Gasteiger partial charge in [-0.3, -0.25) is 9.36 Å². The molecule has 0 bridgehead atoms. The average Bonchev–Trinajstić information content (AvgIpc) is 3.78. The summed E-state index contributed by atoms with van der Waals surface area (Å²) < 4.78 is 4.70. The second-order valence-electron chi connectivity index (χ2n) is 12.9. The second kappa shape index (κ2) is 8.41. The molecule has 1 aliphatic rings. The lowest BCUT2D eigenvalue weighted by atomic mass is 9.87. The van der Waals surface area contributed by atoms with Gasteiger partial charge in [-0.2, -0.15) is 0 Å². The summed E-state index contributed by atoms with van der Waals surface area (Å²) in [5.74, 6) is 0.611. The molecule has 0 fully saturated rings. The van der Waals surface area contributed by atoms with Gasteiger partial charge in [-0.15, -0.1) is 0 Å². The fraction of sp³-hybridized carbons (Fsp3) is 0. The summed E-state index contributed by atoms with van der Waals surface area (Å²) >= 11 is 0. The van der Waals surface area contributed by atoms with Crippen molar-refractivity contribution >= 4 is 87.4 Å². The standard InChI is InChI=1S/C43H22N4O/c48-42-27-14-4-3-13-26(27)39-37-29(42)16-9-17-32(37)44-43(45-39)47-35-21-20-23-10-1-2-11-24(23)36(35)31-22-30-25-12-5-7-18-33(25)46-34-19-8-6-15-28(34)38(40(30)46)41(31)47/h1-22H. The summed E-state index contributed by atoms with van der Waals surface area (Å²) in [7, 11) is 0. The molecule has 5 nitrogen and oxygen atoms in total. The molecule has 0 spiro atoms. The Hall–Kier alpha value is -6.59. The van der Waals surface area contributed by atoms with E-state index in [9.17, 15) is 4.79 Å². The third-order valence-electron chi connectivity index (χ3n) is 10.6. The minimum atomic E-state index is 0.0170. The second-order valence-corrected chi connectivity index (χ2v) is 12.9. The van der Waals surface area contributed by atoms with Crippen LogP contribution in [0.4, 0.5) is 0 Å². The Bertz CT molecular complexity index is 3250. The third kappa shape index (κ3) is 2.79. The summed E-state index contributed by atoms with van der Waals surface area (Å²) in [6.07, 6.45) is 0. The number of carbonyl (C=O) groups excluding carboxylic acids is 1. The van der Waals surface area contributed by atoms with E-state index in [-0.39, 0.29) is 5.78 Å². The van der Waals surface area contributed by atoms with Crippen molar-refractivity contribution in [2.75, 3.05) is 0 Å². The van der Waals surface area contributed by atoms with Gasteiger partial charge in [0.1, 0.15) is 0 Å². The van der Waals surface area contributed by atoms with Crippen molar-refractivity contribution in [2.45, 2.75) is 0 Å². The number of fused-ring (bicyclic) bond motifs is 14. The van der Waals surface area contributed by atoms with Crippen LogP contribution in [-0.2, 0) is 0 Å². The molecule has 12 rings (SSSR count). The first-order chi connectivity index (χ1) is 23.8. The molecule has 0 aliphatic heterocycles. The fourth-order valence-corrected chi connectivity index (χ4v) is 8.67. The molecule has 220 valence electrons. The molecular weight excluding hydrogens is 589 g/mol. The molecule has 0 amide bonds. The predicted octanol–water partition coefficient (Wildman–Crippen LogP) is 10.2. The van der Waals surface area contributed by atoms with Crippen molar-refractivity contribution in [1.29, 1.82) is 0 Å². The number of hydrogen-bond acceptors (Lipinski definition) is 3. The van der Waals surface area contributed by atoms with Gasteiger partial charge < -0.3 is 4.40 Å². The SMILES string of the molecule is O=C1c2ccccc2-c2nc(-n3c4ccc5ccccc5c4c4cc5c6ccccc6n6c7ccccc7c(c43)c56)nc3cccc1c23. The molecular formula is C43H22N4O. The van der Waals surface area contributed by atoms with E-state index in [4.69, 9.17) is 9.97 Å². The van der Waals surface area contributed by atoms with Crippen LogP contribution >= 0.6 is 0 Å². The van der Waals surface area contributed by atoms with Gasteiger partial charge in [0.2, 0.25) is 5.95 Å². The molecule has 0 atom stereocenters. The molecule has 4 aromatic heterocycles. The third-order valence-corrected chi connectivity index (χ3v) is 10.6. The van der Waals surface area contributed by atoms with Crippen LogP contribution in [0, 0.1) is 0 Å². The van der Waals surface area contributed by atoms with Crippen LogP contribution < -0.4 is 0 Å². The quantitative estimate of drug-likeness (QED) is 0.186. The van der Waals surface area contributed by atoms with E-state index in [0.29, 0.717) is 17.1 Å². The largest absolute Gasteiger partial charge is 0.308 e. The van der Waals surface area contributed by atoms with Crippen molar-refractivity contribution in [1.82, 2.24) is 18.9 Å². The Morgan fingerprint density at radius 1 is 0.458 bits per heavy atom. The van der Waals surface area contributed by atoms with Crippen molar-refractivity contribution in [3.8, 4) is 17.2 Å². The van der Waals surface area contributed by atoms with Crippen molar-refractivity contribution < 1.29 is 4.79 Å². The van der Waals surface area contributed by atoms with E-state index in [1.54, 1.807) is 0 Å². The Balaban J connectivity index is 1.36. The zero-order valence-corrected chi connectivity index (χ0v) is 25.4. The number of benzene rings is 7. The lowest BCUT2D eigenvalue weighted by Gasteiger charge is -2.19. The fourth-order valence-electron chi connectivity index (χ4n) is 8.67. The van der Waals surface area contributed by atoms with Crippen molar-refractivity contribution in [2.24, 2.45) is 0 Å². The highest BCUT2D eigenvalue weighted by Crippen LogP contribution is 2.48. The van der Waals surface area contributed by atoms with Gasteiger partial charge in [-0.25, -0.2) is 9.97 Å². The van der Waals surface area contributed by atoms with E-state index < -0.39 is 0 Å². The van der Waals surface area contributed by atoms with E-state index in [1.165, 1.54) is 59.6 Å². The van der Waals surface area contributed by atoms with Crippen LogP contribution in [0.15, 0.2) is 133 Å². The topological polar surface area (TPSA) is 52.2 Å². The number of nitrogens with zero attached hydrogens (tertiary/aromatic N) is 4. The Morgan fingerprint density at radius 3 is 2.04 bits per heavy atom. The lowest BCUT2D eigenvalue weighted by Crippen LogP contribution is -2.13. The molecule has 48 heavy (non-hydrogen) atoms. The highest BCUT2D eigenvalue weighted by molar-refractivity contribution is 6.36.